The third kappa shape index (κ3) is 8.00. The highest BCUT2D eigenvalue weighted by molar-refractivity contribution is 7.92. The van der Waals surface area contributed by atoms with Crippen LogP contribution in [0.2, 0.25) is 5.02 Å². The molecule has 0 aromatic heterocycles. The minimum Gasteiger partial charge on any atom is -0.486 e. The zero-order chi connectivity index (χ0) is 30.4. The zero-order valence-electron chi connectivity index (χ0n) is 24.1. The van der Waals surface area contributed by atoms with Crippen LogP contribution in [0.1, 0.15) is 36.8 Å². The van der Waals surface area contributed by atoms with E-state index in [1.54, 1.807) is 36.4 Å². The molecular formula is C32H36ClN3O6S. The molecule has 11 heteroatoms. The normalized spacial score (nSPS) is 15.5. The molecule has 0 spiro atoms. The molecule has 5 rings (SSSR count). The van der Waals surface area contributed by atoms with Gasteiger partial charge in [-0.1, -0.05) is 66.9 Å². The topological polar surface area (TPSA) is 105 Å². The highest BCUT2D eigenvalue weighted by atomic mass is 35.5. The number of carbonyl (C=O) groups is 2. The van der Waals surface area contributed by atoms with Crippen molar-refractivity contribution in [1.82, 2.24) is 10.2 Å². The Morgan fingerprint density at radius 3 is 2.33 bits per heavy atom. The van der Waals surface area contributed by atoms with Crippen LogP contribution in [0.4, 0.5) is 5.69 Å². The Morgan fingerprint density at radius 1 is 0.930 bits per heavy atom. The number of ether oxygens (including phenoxy) is 2. The van der Waals surface area contributed by atoms with E-state index >= 15 is 0 Å². The van der Waals surface area contributed by atoms with Crippen LogP contribution in [0.5, 0.6) is 11.5 Å². The van der Waals surface area contributed by atoms with Gasteiger partial charge in [0.15, 0.2) is 11.5 Å². The summed E-state index contributed by atoms with van der Waals surface area (Å²) in [7, 11) is -3.91. The van der Waals surface area contributed by atoms with Gasteiger partial charge in [-0.15, -0.1) is 0 Å². The Balaban J connectivity index is 1.50. The maximum atomic E-state index is 14.3. The molecule has 3 aromatic rings. The van der Waals surface area contributed by atoms with E-state index in [0.717, 1.165) is 47.4 Å². The molecule has 43 heavy (non-hydrogen) atoms. The largest absolute Gasteiger partial charge is 0.486 e. The average Bonchev–Trinajstić information content (AvgIpc) is 3.50. The summed E-state index contributed by atoms with van der Waals surface area (Å²) in [6.45, 7) is 0.276. The van der Waals surface area contributed by atoms with Crippen LogP contribution in [0.3, 0.4) is 0 Å². The SMILES string of the molecule is CS(=O)(=O)N(CC(=O)N(Cc1cccc(Cl)c1)[C@H](Cc1ccccc1)C(=O)NC1CCCC1)c1ccc2c(c1)OCCO2. The first-order valence-electron chi connectivity index (χ1n) is 14.4. The molecule has 0 bridgehead atoms. The first kappa shape index (κ1) is 30.7. The van der Waals surface area contributed by atoms with Gasteiger partial charge in [0.2, 0.25) is 21.8 Å². The Kier molecular flexibility index (Phi) is 9.77. The van der Waals surface area contributed by atoms with Gasteiger partial charge in [0.05, 0.1) is 11.9 Å². The van der Waals surface area contributed by atoms with Gasteiger partial charge in [-0.2, -0.15) is 0 Å². The van der Waals surface area contributed by atoms with Crippen LogP contribution in [0, 0.1) is 0 Å². The number of halogens is 1. The first-order chi connectivity index (χ1) is 20.7. The fraction of sp³-hybridized carbons (Fsp3) is 0.375. The molecule has 1 fully saturated rings. The van der Waals surface area contributed by atoms with Crippen molar-refractivity contribution in [2.24, 2.45) is 0 Å². The van der Waals surface area contributed by atoms with Gasteiger partial charge in [0.25, 0.3) is 0 Å². The van der Waals surface area contributed by atoms with Crippen molar-refractivity contribution in [1.29, 1.82) is 0 Å². The molecule has 228 valence electrons. The third-order valence-electron chi connectivity index (χ3n) is 7.71. The number of fused-ring (bicyclic) bond motifs is 1. The predicted octanol–water partition coefficient (Wildman–Crippen LogP) is 4.58. The number of carbonyl (C=O) groups excluding carboxylic acids is 2. The van der Waals surface area contributed by atoms with Crippen molar-refractivity contribution in [3.63, 3.8) is 0 Å². The predicted molar refractivity (Wildman–Crippen MR) is 166 cm³/mol. The molecule has 0 saturated heterocycles. The van der Waals surface area contributed by atoms with Gasteiger partial charge in [-0.05, 0) is 48.2 Å². The standard InChI is InChI=1S/C32H36ClN3O6S/c1-43(39,40)36(27-14-15-29-30(20-27)42-17-16-41-29)22-31(37)35(21-24-10-7-11-25(33)18-24)28(19-23-8-3-2-4-9-23)32(38)34-26-12-5-6-13-26/h2-4,7-11,14-15,18,20,26,28H,5-6,12-13,16-17,19,21-22H2,1H3,(H,34,38)/t28-/m1/s1. The maximum Gasteiger partial charge on any atom is 0.244 e. The van der Waals surface area contributed by atoms with E-state index in [0.29, 0.717) is 29.7 Å². The number of benzene rings is 3. The summed E-state index contributed by atoms with van der Waals surface area (Å²) in [5.41, 5.74) is 1.86. The van der Waals surface area contributed by atoms with Crippen molar-refractivity contribution in [3.05, 3.63) is 88.9 Å². The van der Waals surface area contributed by atoms with E-state index in [1.165, 1.54) is 4.90 Å². The molecule has 1 aliphatic heterocycles. The maximum absolute atomic E-state index is 14.3. The number of hydrogen-bond acceptors (Lipinski definition) is 6. The van der Waals surface area contributed by atoms with Crippen LogP contribution in [-0.4, -0.2) is 63.2 Å². The highest BCUT2D eigenvalue weighted by Gasteiger charge is 2.34. The van der Waals surface area contributed by atoms with Crippen LogP contribution in [-0.2, 0) is 32.6 Å². The molecule has 2 aliphatic rings. The summed E-state index contributed by atoms with van der Waals surface area (Å²) in [4.78, 5) is 29.7. The average molecular weight is 626 g/mol. The van der Waals surface area contributed by atoms with E-state index < -0.39 is 28.5 Å². The van der Waals surface area contributed by atoms with Crippen molar-refractivity contribution in [3.8, 4) is 11.5 Å². The number of sulfonamides is 1. The van der Waals surface area contributed by atoms with Crippen LogP contribution < -0.4 is 19.1 Å². The number of anilines is 1. The fourth-order valence-electron chi connectivity index (χ4n) is 5.55. The lowest BCUT2D eigenvalue weighted by Gasteiger charge is -2.34. The van der Waals surface area contributed by atoms with Gasteiger partial charge in [0, 0.05) is 30.1 Å². The minimum atomic E-state index is -3.91. The Hall–Kier alpha value is -3.76. The number of hydrogen-bond donors (Lipinski definition) is 1. The summed E-state index contributed by atoms with van der Waals surface area (Å²) in [5, 5.41) is 3.65. The summed E-state index contributed by atoms with van der Waals surface area (Å²) < 4.78 is 38.4. The van der Waals surface area contributed by atoms with Crippen LogP contribution in [0.25, 0.3) is 0 Å². The summed E-state index contributed by atoms with van der Waals surface area (Å²) in [6, 6.07) is 20.5. The molecule has 3 aromatic carbocycles. The van der Waals surface area contributed by atoms with E-state index in [-0.39, 0.29) is 30.6 Å². The fourth-order valence-corrected chi connectivity index (χ4v) is 6.61. The van der Waals surface area contributed by atoms with Crippen molar-refractivity contribution in [2.45, 2.75) is 50.7 Å². The lowest BCUT2D eigenvalue weighted by molar-refractivity contribution is -0.140. The van der Waals surface area contributed by atoms with Crippen LogP contribution >= 0.6 is 11.6 Å². The summed E-state index contributed by atoms with van der Waals surface area (Å²) in [5.74, 6) is 0.113. The molecule has 2 amide bonds. The van der Waals surface area contributed by atoms with Crippen molar-refractivity contribution in [2.75, 3.05) is 30.3 Å². The van der Waals surface area contributed by atoms with Gasteiger partial charge in [-0.3, -0.25) is 13.9 Å². The van der Waals surface area contributed by atoms with Gasteiger partial charge < -0.3 is 19.7 Å². The number of rotatable bonds is 11. The summed E-state index contributed by atoms with van der Waals surface area (Å²) >= 11 is 6.28. The van der Waals surface area contributed by atoms with E-state index in [1.807, 2.05) is 36.4 Å². The second kappa shape index (κ2) is 13.7. The molecule has 0 radical (unpaired) electrons. The number of nitrogens with one attached hydrogen (secondary N) is 1. The Morgan fingerprint density at radius 2 is 1.63 bits per heavy atom. The highest BCUT2D eigenvalue weighted by Crippen LogP contribution is 2.35. The van der Waals surface area contributed by atoms with Gasteiger partial charge >= 0.3 is 0 Å². The Bertz CT molecular complexity index is 1550. The minimum absolute atomic E-state index is 0.0409. The monoisotopic (exact) mass is 625 g/mol. The molecule has 0 unspecified atom stereocenters. The lowest BCUT2D eigenvalue weighted by atomic mass is 10.0. The van der Waals surface area contributed by atoms with Crippen molar-refractivity contribution >= 4 is 39.1 Å². The van der Waals surface area contributed by atoms with Gasteiger partial charge in [0.1, 0.15) is 25.8 Å². The van der Waals surface area contributed by atoms with Crippen LogP contribution in [0.15, 0.2) is 72.8 Å². The molecular weight excluding hydrogens is 590 g/mol. The quantitative estimate of drug-likeness (QED) is 0.335. The molecule has 9 nitrogen and oxygen atoms in total. The third-order valence-corrected chi connectivity index (χ3v) is 9.08. The molecule has 1 atom stereocenters. The number of amides is 2. The molecule has 1 saturated carbocycles. The van der Waals surface area contributed by atoms with E-state index in [2.05, 4.69) is 5.32 Å². The lowest BCUT2D eigenvalue weighted by Crippen LogP contribution is -2.54. The van der Waals surface area contributed by atoms with E-state index in [4.69, 9.17) is 21.1 Å². The smallest absolute Gasteiger partial charge is 0.244 e. The molecule has 1 heterocycles. The first-order valence-corrected chi connectivity index (χ1v) is 16.7. The van der Waals surface area contributed by atoms with Crippen molar-refractivity contribution < 1.29 is 27.5 Å². The molecule has 1 N–H and O–H groups in total. The second-order valence-corrected chi connectivity index (χ2v) is 13.3. The Labute approximate surface area is 257 Å². The number of nitrogens with zero attached hydrogens (tertiary/aromatic N) is 2. The van der Waals surface area contributed by atoms with Gasteiger partial charge in [-0.25, -0.2) is 8.42 Å². The zero-order valence-corrected chi connectivity index (χ0v) is 25.6. The second-order valence-electron chi connectivity index (χ2n) is 10.9. The molecule has 1 aliphatic carbocycles. The van der Waals surface area contributed by atoms with E-state index in [9.17, 15) is 18.0 Å². The summed E-state index contributed by atoms with van der Waals surface area (Å²) in [6.07, 6.45) is 5.16.